The summed E-state index contributed by atoms with van der Waals surface area (Å²) in [4.78, 5) is 29.4. The van der Waals surface area contributed by atoms with Gasteiger partial charge in [0.2, 0.25) is 0 Å². The average Bonchev–Trinajstić information content (AvgIpc) is 3.21. The molecule has 0 fully saturated rings. The van der Waals surface area contributed by atoms with Gasteiger partial charge in [0, 0.05) is 22.8 Å². The fourth-order valence-corrected chi connectivity index (χ4v) is 3.58. The number of hydrogen-bond donors (Lipinski definition) is 0. The maximum atomic E-state index is 12.9. The Bertz CT molecular complexity index is 1280. The van der Waals surface area contributed by atoms with E-state index < -0.39 is 0 Å². The van der Waals surface area contributed by atoms with E-state index in [4.69, 9.17) is 0 Å². The molecule has 0 bridgehead atoms. The molecule has 0 aliphatic rings. The largest absolute Gasteiger partial charge is 0.295 e. The number of aromatic nitrogens is 3. The standard InChI is InChI=1S/C26H25N3O2/c1-17(30)19-6-5-7-20(14-19)23-15-22(28-25-12-13-27-29(23)25)16-24(31)18-8-10-21(11-9-18)26(2,3)4/h5-15H,16H2,1-4H3. The van der Waals surface area contributed by atoms with Crippen molar-refractivity contribution in [2.45, 2.75) is 39.5 Å². The topological polar surface area (TPSA) is 64.3 Å². The second-order valence-corrected chi connectivity index (χ2v) is 8.80. The fraction of sp³-hybridized carbons (Fsp3) is 0.231. The second-order valence-electron chi connectivity index (χ2n) is 8.80. The number of benzene rings is 2. The van der Waals surface area contributed by atoms with Crippen LogP contribution in [0.1, 0.15) is 59.7 Å². The highest BCUT2D eigenvalue weighted by molar-refractivity contribution is 5.97. The lowest BCUT2D eigenvalue weighted by atomic mass is 9.86. The Morgan fingerprint density at radius 3 is 2.35 bits per heavy atom. The molecule has 0 amide bonds. The van der Waals surface area contributed by atoms with Crippen molar-refractivity contribution in [1.82, 2.24) is 14.6 Å². The van der Waals surface area contributed by atoms with Crippen molar-refractivity contribution in [3.63, 3.8) is 0 Å². The summed E-state index contributed by atoms with van der Waals surface area (Å²) >= 11 is 0. The van der Waals surface area contributed by atoms with Crippen molar-refractivity contribution in [2.24, 2.45) is 0 Å². The van der Waals surface area contributed by atoms with Crippen molar-refractivity contribution in [2.75, 3.05) is 0 Å². The van der Waals surface area contributed by atoms with Crippen LogP contribution in [0, 0.1) is 0 Å². The first-order chi connectivity index (χ1) is 14.7. The molecule has 0 N–H and O–H groups in total. The summed E-state index contributed by atoms with van der Waals surface area (Å²) in [6.45, 7) is 8.00. The molecule has 0 atom stereocenters. The third-order valence-corrected chi connectivity index (χ3v) is 5.39. The van der Waals surface area contributed by atoms with Gasteiger partial charge in [0.15, 0.2) is 17.2 Å². The maximum absolute atomic E-state index is 12.9. The summed E-state index contributed by atoms with van der Waals surface area (Å²) in [5, 5.41) is 4.36. The van der Waals surface area contributed by atoms with E-state index in [2.05, 4.69) is 30.9 Å². The molecule has 2 aromatic carbocycles. The van der Waals surface area contributed by atoms with Gasteiger partial charge in [-0.15, -0.1) is 0 Å². The van der Waals surface area contributed by atoms with Crippen LogP contribution in [0.4, 0.5) is 0 Å². The Hall–Kier alpha value is -3.60. The van der Waals surface area contributed by atoms with Crippen LogP contribution in [0.3, 0.4) is 0 Å². The van der Waals surface area contributed by atoms with E-state index in [1.165, 1.54) is 5.56 Å². The lowest BCUT2D eigenvalue weighted by Crippen LogP contribution is -2.12. The van der Waals surface area contributed by atoms with Crippen LogP contribution in [0.25, 0.3) is 16.9 Å². The highest BCUT2D eigenvalue weighted by Crippen LogP contribution is 2.24. The SMILES string of the molecule is CC(=O)c1cccc(-c2cc(CC(=O)c3ccc(C(C)(C)C)cc3)nc3ccnn23)c1. The van der Waals surface area contributed by atoms with Crippen LogP contribution >= 0.6 is 0 Å². The van der Waals surface area contributed by atoms with Gasteiger partial charge in [0.1, 0.15) is 0 Å². The van der Waals surface area contributed by atoms with Crippen LogP contribution in [-0.2, 0) is 11.8 Å². The van der Waals surface area contributed by atoms with Crippen LogP contribution in [0.2, 0.25) is 0 Å². The fourth-order valence-electron chi connectivity index (χ4n) is 3.58. The third kappa shape index (κ3) is 4.31. The molecule has 2 heterocycles. The van der Waals surface area contributed by atoms with Gasteiger partial charge in [-0.1, -0.05) is 63.2 Å². The van der Waals surface area contributed by atoms with Crippen molar-refractivity contribution >= 4 is 17.2 Å². The monoisotopic (exact) mass is 411 g/mol. The summed E-state index contributed by atoms with van der Waals surface area (Å²) in [6, 6.07) is 18.9. The summed E-state index contributed by atoms with van der Waals surface area (Å²) in [7, 11) is 0. The summed E-state index contributed by atoms with van der Waals surface area (Å²) in [5.41, 5.74) is 5.51. The molecule has 0 spiro atoms. The van der Waals surface area contributed by atoms with Crippen molar-refractivity contribution < 1.29 is 9.59 Å². The molecule has 31 heavy (non-hydrogen) atoms. The van der Waals surface area contributed by atoms with E-state index >= 15 is 0 Å². The number of ketones is 2. The number of Topliss-reactive ketones (excluding diaryl/α,β-unsaturated/α-hetero) is 2. The van der Waals surface area contributed by atoms with Gasteiger partial charge in [0.25, 0.3) is 0 Å². The van der Waals surface area contributed by atoms with E-state index in [1.54, 1.807) is 23.7 Å². The van der Waals surface area contributed by atoms with E-state index in [1.807, 2.05) is 54.6 Å². The number of carbonyl (C=O) groups excluding carboxylic acids is 2. The van der Waals surface area contributed by atoms with E-state index in [9.17, 15) is 9.59 Å². The van der Waals surface area contributed by atoms with Crippen LogP contribution in [0.5, 0.6) is 0 Å². The molecule has 0 aliphatic carbocycles. The van der Waals surface area contributed by atoms with Crippen molar-refractivity contribution in [1.29, 1.82) is 0 Å². The number of nitrogens with zero attached hydrogens (tertiary/aromatic N) is 3. The number of hydrogen-bond acceptors (Lipinski definition) is 4. The third-order valence-electron chi connectivity index (χ3n) is 5.39. The van der Waals surface area contributed by atoms with Crippen molar-refractivity contribution in [3.05, 3.63) is 89.2 Å². The van der Waals surface area contributed by atoms with Gasteiger partial charge in [-0.05, 0) is 30.0 Å². The van der Waals surface area contributed by atoms with Gasteiger partial charge in [0.05, 0.1) is 24.0 Å². The molecule has 0 saturated carbocycles. The minimum atomic E-state index is 0.00159. The normalized spacial score (nSPS) is 11.6. The van der Waals surface area contributed by atoms with E-state index in [-0.39, 0.29) is 23.4 Å². The van der Waals surface area contributed by atoms with Crippen LogP contribution in [0.15, 0.2) is 66.9 Å². The molecule has 2 aromatic heterocycles. The quantitative estimate of drug-likeness (QED) is 0.417. The van der Waals surface area contributed by atoms with E-state index in [0.717, 1.165) is 11.3 Å². The molecule has 4 aromatic rings. The average molecular weight is 412 g/mol. The molecule has 0 saturated heterocycles. The minimum Gasteiger partial charge on any atom is -0.295 e. The molecule has 5 heteroatoms. The first-order valence-electron chi connectivity index (χ1n) is 10.3. The molecular formula is C26H25N3O2. The molecule has 0 unspecified atom stereocenters. The Morgan fingerprint density at radius 2 is 1.68 bits per heavy atom. The lowest BCUT2D eigenvalue weighted by molar-refractivity contribution is 0.0989. The highest BCUT2D eigenvalue weighted by atomic mass is 16.1. The number of fused-ring (bicyclic) bond motifs is 1. The first kappa shape index (κ1) is 20.7. The number of carbonyl (C=O) groups is 2. The number of rotatable bonds is 5. The summed E-state index contributed by atoms with van der Waals surface area (Å²) in [5.74, 6) is 0.0157. The Labute approximate surface area is 181 Å². The maximum Gasteiger partial charge on any atom is 0.168 e. The molecule has 5 nitrogen and oxygen atoms in total. The van der Waals surface area contributed by atoms with Gasteiger partial charge in [-0.2, -0.15) is 5.10 Å². The van der Waals surface area contributed by atoms with E-state index in [0.29, 0.717) is 22.5 Å². The van der Waals surface area contributed by atoms with Crippen molar-refractivity contribution in [3.8, 4) is 11.3 Å². The zero-order valence-electron chi connectivity index (χ0n) is 18.2. The summed E-state index contributed by atoms with van der Waals surface area (Å²) < 4.78 is 1.73. The Balaban J connectivity index is 1.68. The zero-order chi connectivity index (χ0) is 22.2. The first-order valence-corrected chi connectivity index (χ1v) is 10.3. The van der Waals surface area contributed by atoms with Crippen LogP contribution in [-0.4, -0.2) is 26.2 Å². The second kappa shape index (κ2) is 7.91. The van der Waals surface area contributed by atoms with Crippen LogP contribution < -0.4 is 0 Å². The lowest BCUT2D eigenvalue weighted by Gasteiger charge is -2.19. The molecule has 4 rings (SSSR count). The zero-order valence-corrected chi connectivity index (χ0v) is 18.2. The predicted octanol–water partition coefficient (Wildman–Crippen LogP) is 5.32. The Kier molecular flexibility index (Phi) is 5.27. The molecule has 0 aliphatic heterocycles. The highest BCUT2D eigenvalue weighted by Gasteiger charge is 2.16. The van der Waals surface area contributed by atoms with Gasteiger partial charge < -0.3 is 0 Å². The molecule has 0 radical (unpaired) electrons. The van der Waals surface area contributed by atoms with Gasteiger partial charge in [-0.25, -0.2) is 9.50 Å². The predicted molar refractivity (Wildman–Crippen MR) is 122 cm³/mol. The minimum absolute atomic E-state index is 0.00159. The Morgan fingerprint density at radius 1 is 0.935 bits per heavy atom. The molecule has 156 valence electrons. The molecular weight excluding hydrogens is 386 g/mol. The van der Waals surface area contributed by atoms with Gasteiger partial charge in [-0.3, -0.25) is 9.59 Å². The van der Waals surface area contributed by atoms with Gasteiger partial charge >= 0.3 is 0 Å². The summed E-state index contributed by atoms with van der Waals surface area (Å²) in [6.07, 6.45) is 1.87. The smallest absolute Gasteiger partial charge is 0.168 e.